The molecule has 4 nitrogen and oxygen atoms in total. The van der Waals surface area contributed by atoms with Crippen molar-refractivity contribution in [2.24, 2.45) is 5.73 Å². The summed E-state index contributed by atoms with van der Waals surface area (Å²) >= 11 is 12.2. The zero-order valence-electron chi connectivity index (χ0n) is 11.8. The van der Waals surface area contributed by atoms with Gasteiger partial charge in [0.1, 0.15) is 5.75 Å². The third-order valence-corrected chi connectivity index (χ3v) is 3.44. The highest BCUT2D eigenvalue weighted by Gasteiger charge is 2.23. The average Bonchev–Trinajstić information content (AvgIpc) is 2.42. The minimum absolute atomic E-state index is 0.390. The third-order valence-electron chi connectivity index (χ3n) is 2.94. The van der Waals surface area contributed by atoms with Gasteiger partial charge in [-0.05, 0) is 38.6 Å². The molecule has 1 aromatic carbocycles. The first-order valence-electron chi connectivity index (χ1n) is 6.71. The molecule has 0 fully saturated rings. The number of aliphatic hydroxyl groups is 1. The number of aliphatic hydroxyl groups excluding tert-OH is 1. The average molecular weight is 321 g/mol. The fourth-order valence-corrected chi connectivity index (χ4v) is 2.42. The van der Waals surface area contributed by atoms with Gasteiger partial charge in [0.05, 0.1) is 17.7 Å². The summed E-state index contributed by atoms with van der Waals surface area (Å²) in [6.07, 6.45) is 0.612. The van der Waals surface area contributed by atoms with Crippen LogP contribution in [0.15, 0.2) is 12.1 Å². The van der Waals surface area contributed by atoms with Crippen LogP contribution in [0.1, 0.15) is 31.4 Å². The van der Waals surface area contributed by atoms with Gasteiger partial charge in [0.25, 0.3) is 0 Å². The van der Waals surface area contributed by atoms with Crippen LogP contribution in [-0.2, 0) is 0 Å². The van der Waals surface area contributed by atoms with E-state index in [2.05, 4.69) is 5.32 Å². The number of ether oxygens (including phenoxy) is 1. The summed E-state index contributed by atoms with van der Waals surface area (Å²) in [6, 6.07) is 2.84. The van der Waals surface area contributed by atoms with Crippen LogP contribution in [0.3, 0.4) is 0 Å². The third kappa shape index (κ3) is 4.79. The van der Waals surface area contributed by atoms with Crippen LogP contribution >= 0.6 is 23.2 Å². The fraction of sp³-hybridized carbons (Fsp3) is 0.571. The van der Waals surface area contributed by atoms with Crippen molar-refractivity contribution in [2.75, 3.05) is 20.2 Å². The van der Waals surface area contributed by atoms with E-state index >= 15 is 0 Å². The molecule has 0 aliphatic carbocycles. The maximum atomic E-state index is 10.4. The van der Waals surface area contributed by atoms with E-state index in [0.717, 1.165) is 13.0 Å². The normalized spacial score (nSPS) is 14.1. The molecule has 6 heteroatoms. The molecule has 4 N–H and O–H groups in total. The van der Waals surface area contributed by atoms with Crippen molar-refractivity contribution in [1.82, 2.24) is 5.32 Å². The summed E-state index contributed by atoms with van der Waals surface area (Å²) < 4.78 is 5.63. The van der Waals surface area contributed by atoms with Gasteiger partial charge in [-0.1, -0.05) is 30.1 Å². The fourth-order valence-electron chi connectivity index (χ4n) is 1.86. The lowest BCUT2D eigenvalue weighted by molar-refractivity contribution is 0.137. The Hall–Kier alpha value is -0.520. The van der Waals surface area contributed by atoms with Crippen molar-refractivity contribution in [1.29, 1.82) is 0 Å². The molecular formula is C14H22Cl2N2O2. The molecule has 0 aliphatic heterocycles. The first-order valence-corrected chi connectivity index (χ1v) is 7.46. The highest BCUT2D eigenvalue weighted by molar-refractivity contribution is 6.35. The predicted molar refractivity (Wildman–Crippen MR) is 83.7 cm³/mol. The lowest BCUT2D eigenvalue weighted by Gasteiger charge is -2.22. The molecule has 1 rings (SSSR count). The molecule has 0 heterocycles. The Labute approximate surface area is 130 Å². The number of hydrogen-bond acceptors (Lipinski definition) is 4. The van der Waals surface area contributed by atoms with Crippen molar-refractivity contribution in [3.05, 3.63) is 27.7 Å². The van der Waals surface area contributed by atoms with Gasteiger partial charge < -0.3 is 20.9 Å². The minimum atomic E-state index is -0.869. The zero-order chi connectivity index (χ0) is 15.1. The monoisotopic (exact) mass is 320 g/mol. The molecule has 1 aromatic rings. The second-order valence-electron chi connectivity index (χ2n) is 4.66. The van der Waals surface area contributed by atoms with Gasteiger partial charge in [0, 0.05) is 16.6 Å². The van der Waals surface area contributed by atoms with Crippen LogP contribution in [-0.4, -0.2) is 31.3 Å². The highest BCUT2D eigenvalue weighted by atomic mass is 35.5. The Morgan fingerprint density at radius 2 is 2.10 bits per heavy atom. The molecule has 0 radical (unpaired) electrons. The van der Waals surface area contributed by atoms with Gasteiger partial charge in [-0.25, -0.2) is 0 Å². The molecule has 0 bridgehead atoms. The number of rotatable bonds is 8. The van der Waals surface area contributed by atoms with E-state index in [0.29, 0.717) is 34.4 Å². The molecule has 0 saturated carbocycles. The Kier molecular flexibility index (Phi) is 7.62. The van der Waals surface area contributed by atoms with Crippen LogP contribution in [0, 0.1) is 0 Å². The van der Waals surface area contributed by atoms with Gasteiger partial charge in [0.2, 0.25) is 0 Å². The second kappa shape index (κ2) is 8.70. The van der Waals surface area contributed by atoms with E-state index in [1.165, 1.54) is 0 Å². The van der Waals surface area contributed by atoms with E-state index in [1.807, 2.05) is 14.0 Å². The SMILES string of the molecule is CCCOc1c(Cl)cc(Cl)cc1C(O)C(N)CCNC. The molecule has 2 atom stereocenters. The molecule has 20 heavy (non-hydrogen) atoms. The molecular weight excluding hydrogens is 299 g/mol. The maximum absolute atomic E-state index is 10.4. The Bertz CT molecular complexity index is 430. The molecule has 0 spiro atoms. The summed E-state index contributed by atoms with van der Waals surface area (Å²) in [6.45, 7) is 3.24. The van der Waals surface area contributed by atoms with Gasteiger partial charge in [0.15, 0.2) is 0 Å². The summed E-state index contributed by atoms with van der Waals surface area (Å²) in [5, 5.41) is 14.2. The first-order chi connectivity index (χ1) is 9.51. The van der Waals surface area contributed by atoms with Crippen LogP contribution in [0.5, 0.6) is 5.75 Å². The smallest absolute Gasteiger partial charge is 0.143 e. The van der Waals surface area contributed by atoms with Gasteiger partial charge >= 0.3 is 0 Å². The van der Waals surface area contributed by atoms with Gasteiger partial charge in [-0.2, -0.15) is 0 Å². The quantitative estimate of drug-likeness (QED) is 0.689. The molecule has 0 aliphatic rings. The molecule has 0 saturated heterocycles. The van der Waals surface area contributed by atoms with Crippen molar-refractivity contribution in [3.8, 4) is 5.75 Å². The molecule has 0 aromatic heterocycles. The number of benzene rings is 1. The van der Waals surface area contributed by atoms with E-state index in [-0.39, 0.29) is 0 Å². The van der Waals surface area contributed by atoms with Crippen LogP contribution in [0.4, 0.5) is 0 Å². The number of halogens is 2. The second-order valence-corrected chi connectivity index (χ2v) is 5.50. The van der Waals surface area contributed by atoms with Crippen molar-refractivity contribution >= 4 is 23.2 Å². The van der Waals surface area contributed by atoms with Gasteiger partial charge in [-0.3, -0.25) is 0 Å². The van der Waals surface area contributed by atoms with Crippen molar-refractivity contribution < 1.29 is 9.84 Å². The van der Waals surface area contributed by atoms with Crippen molar-refractivity contribution in [2.45, 2.75) is 31.9 Å². The van der Waals surface area contributed by atoms with Crippen molar-refractivity contribution in [3.63, 3.8) is 0 Å². The molecule has 0 amide bonds. The van der Waals surface area contributed by atoms with E-state index in [9.17, 15) is 5.11 Å². The largest absolute Gasteiger partial charge is 0.492 e. The topological polar surface area (TPSA) is 67.5 Å². The first kappa shape index (κ1) is 17.5. The molecule has 114 valence electrons. The number of hydrogen-bond donors (Lipinski definition) is 3. The number of nitrogens with one attached hydrogen (secondary N) is 1. The van der Waals surface area contributed by atoms with Crippen LogP contribution in [0.25, 0.3) is 0 Å². The lowest BCUT2D eigenvalue weighted by atomic mass is 9.99. The summed E-state index contributed by atoms with van der Waals surface area (Å²) in [7, 11) is 1.84. The molecule has 2 unspecified atom stereocenters. The maximum Gasteiger partial charge on any atom is 0.143 e. The Morgan fingerprint density at radius 3 is 2.70 bits per heavy atom. The standard InChI is InChI=1S/C14H22Cl2N2O2/c1-3-6-20-14-10(7-9(15)8-11(14)16)13(19)12(17)4-5-18-2/h7-8,12-13,18-19H,3-6,17H2,1-2H3. The van der Waals surface area contributed by atoms with E-state index in [4.69, 9.17) is 33.7 Å². The van der Waals surface area contributed by atoms with E-state index in [1.54, 1.807) is 12.1 Å². The summed E-state index contributed by atoms with van der Waals surface area (Å²) in [4.78, 5) is 0. The Morgan fingerprint density at radius 1 is 1.40 bits per heavy atom. The lowest BCUT2D eigenvalue weighted by Crippen LogP contribution is -2.31. The Balaban J connectivity index is 3.00. The minimum Gasteiger partial charge on any atom is -0.492 e. The van der Waals surface area contributed by atoms with Gasteiger partial charge in [-0.15, -0.1) is 0 Å². The van der Waals surface area contributed by atoms with Crippen LogP contribution < -0.4 is 15.8 Å². The number of nitrogens with two attached hydrogens (primary N) is 1. The predicted octanol–water partition coefficient (Wildman–Crippen LogP) is 2.75. The summed E-state index contributed by atoms with van der Waals surface area (Å²) in [5.74, 6) is 0.463. The van der Waals surface area contributed by atoms with Crippen LogP contribution in [0.2, 0.25) is 10.0 Å². The van der Waals surface area contributed by atoms with E-state index < -0.39 is 12.1 Å². The summed E-state index contributed by atoms with van der Waals surface area (Å²) in [5.41, 5.74) is 6.54. The highest BCUT2D eigenvalue weighted by Crippen LogP contribution is 2.37. The zero-order valence-corrected chi connectivity index (χ0v) is 13.3.